The zero-order valence-electron chi connectivity index (χ0n) is 9.46. The van der Waals surface area contributed by atoms with Gasteiger partial charge >= 0.3 is 0 Å². The maximum atomic E-state index is 5.54. The van der Waals surface area contributed by atoms with Crippen molar-refractivity contribution in [1.29, 1.82) is 0 Å². The Kier molecular flexibility index (Phi) is 4.86. The smallest absolute Gasteiger partial charge is 0.107 e. The quantitative estimate of drug-likeness (QED) is 0.689. The van der Waals surface area contributed by atoms with Gasteiger partial charge in [0, 0.05) is 22.6 Å². The standard InChI is InChI=1S/C14H14Br2O/c15-8-3-6-14-12(7-9-17-14)10-11-4-1-2-5-13(11)16/h1-2,4-5,7,9H,3,6,8,10H2. The fourth-order valence-electron chi connectivity index (χ4n) is 1.82. The Morgan fingerprint density at radius 1 is 1.06 bits per heavy atom. The zero-order chi connectivity index (χ0) is 12.1. The van der Waals surface area contributed by atoms with E-state index < -0.39 is 0 Å². The third-order valence-electron chi connectivity index (χ3n) is 2.71. The summed E-state index contributed by atoms with van der Waals surface area (Å²) in [5, 5.41) is 1.02. The number of rotatable bonds is 5. The predicted octanol–water partition coefficient (Wildman–Crippen LogP) is 4.96. The van der Waals surface area contributed by atoms with Gasteiger partial charge in [-0.3, -0.25) is 0 Å². The molecule has 0 fully saturated rings. The molecule has 1 heterocycles. The van der Waals surface area contributed by atoms with E-state index in [-0.39, 0.29) is 0 Å². The molecular weight excluding hydrogens is 344 g/mol. The van der Waals surface area contributed by atoms with Crippen LogP contribution >= 0.6 is 31.9 Å². The summed E-state index contributed by atoms with van der Waals surface area (Å²) in [7, 11) is 0. The van der Waals surface area contributed by atoms with Crippen molar-refractivity contribution >= 4 is 31.9 Å². The molecule has 1 aromatic heterocycles. The molecule has 0 aliphatic rings. The molecule has 0 bridgehead atoms. The average Bonchev–Trinajstić information content (AvgIpc) is 2.77. The summed E-state index contributed by atoms with van der Waals surface area (Å²) in [6.45, 7) is 0. The topological polar surface area (TPSA) is 13.1 Å². The van der Waals surface area contributed by atoms with Gasteiger partial charge in [0.05, 0.1) is 6.26 Å². The van der Waals surface area contributed by atoms with E-state index in [0.29, 0.717) is 0 Å². The lowest BCUT2D eigenvalue weighted by Crippen LogP contribution is -1.93. The summed E-state index contributed by atoms with van der Waals surface area (Å²) in [6, 6.07) is 10.4. The summed E-state index contributed by atoms with van der Waals surface area (Å²) in [6.07, 6.45) is 4.82. The number of halogens is 2. The molecule has 0 unspecified atom stereocenters. The maximum Gasteiger partial charge on any atom is 0.107 e. The summed E-state index contributed by atoms with van der Waals surface area (Å²) < 4.78 is 6.70. The molecule has 0 atom stereocenters. The van der Waals surface area contributed by atoms with Crippen LogP contribution in [0.4, 0.5) is 0 Å². The first-order valence-electron chi connectivity index (χ1n) is 5.66. The Balaban J connectivity index is 2.13. The molecule has 0 aliphatic heterocycles. The molecule has 0 spiro atoms. The van der Waals surface area contributed by atoms with E-state index in [1.54, 1.807) is 6.26 Å². The second kappa shape index (κ2) is 6.41. The summed E-state index contributed by atoms with van der Waals surface area (Å²) in [5.41, 5.74) is 2.59. The lowest BCUT2D eigenvalue weighted by molar-refractivity contribution is 0.503. The second-order valence-electron chi connectivity index (χ2n) is 3.93. The molecule has 1 nitrogen and oxygen atoms in total. The van der Waals surface area contributed by atoms with Gasteiger partial charge in [-0.25, -0.2) is 0 Å². The first kappa shape index (κ1) is 12.9. The number of hydrogen-bond acceptors (Lipinski definition) is 1. The third kappa shape index (κ3) is 3.46. The highest BCUT2D eigenvalue weighted by Crippen LogP contribution is 2.22. The second-order valence-corrected chi connectivity index (χ2v) is 5.58. The third-order valence-corrected chi connectivity index (χ3v) is 4.05. The van der Waals surface area contributed by atoms with Crippen molar-refractivity contribution in [1.82, 2.24) is 0 Å². The lowest BCUT2D eigenvalue weighted by Gasteiger charge is -2.04. The number of benzene rings is 1. The van der Waals surface area contributed by atoms with Crippen LogP contribution in [-0.2, 0) is 12.8 Å². The van der Waals surface area contributed by atoms with Crippen LogP contribution in [0.2, 0.25) is 0 Å². The van der Waals surface area contributed by atoms with Gasteiger partial charge in [-0.15, -0.1) is 0 Å². The van der Waals surface area contributed by atoms with E-state index in [1.807, 2.05) is 6.07 Å². The van der Waals surface area contributed by atoms with Crippen molar-refractivity contribution in [2.24, 2.45) is 0 Å². The first-order valence-corrected chi connectivity index (χ1v) is 7.57. The van der Waals surface area contributed by atoms with E-state index in [1.165, 1.54) is 11.1 Å². The summed E-state index contributed by atoms with van der Waals surface area (Å²) >= 11 is 7.03. The Bertz CT molecular complexity index is 477. The van der Waals surface area contributed by atoms with Crippen molar-refractivity contribution in [3.05, 3.63) is 58.0 Å². The minimum Gasteiger partial charge on any atom is -0.469 e. The first-order chi connectivity index (χ1) is 8.31. The zero-order valence-corrected chi connectivity index (χ0v) is 12.6. The highest BCUT2D eigenvalue weighted by molar-refractivity contribution is 9.10. The molecule has 0 amide bonds. The Morgan fingerprint density at radius 2 is 1.88 bits per heavy atom. The van der Waals surface area contributed by atoms with Crippen molar-refractivity contribution < 1.29 is 4.42 Å². The van der Waals surface area contributed by atoms with Gasteiger partial charge in [-0.2, -0.15) is 0 Å². The number of alkyl halides is 1. The summed E-state index contributed by atoms with van der Waals surface area (Å²) in [4.78, 5) is 0. The van der Waals surface area contributed by atoms with Crippen LogP contribution in [0.5, 0.6) is 0 Å². The molecule has 0 saturated heterocycles. The van der Waals surface area contributed by atoms with Crippen LogP contribution in [0.15, 0.2) is 45.5 Å². The van der Waals surface area contributed by atoms with Crippen molar-refractivity contribution in [2.45, 2.75) is 19.3 Å². The molecule has 0 saturated carbocycles. The van der Waals surface area contributed by atoms with Crippen molar-refractivity contribution in [3.63, 3.8) is 0 Å². The van der Waals surface area contributed by atoms with Gasteiger partial charge in [0.25, 0.3) is 0 Å². The fraction of sp³-hybridized carbons (Fsp3) is 0.286. The van der Waals surface area contributed by atoms with Crippen LogP contribution in [0.3, 0.4) is 0 Å². The average molecular weight is 358 g/mol. The van der Waals surface area contributed by atoms with E-state index in [2.05, 4.69) is 56.1 Å². The molecule has 0 N–H and O–H groups in total. The Hall–Kier alpha value is -0.540. The van der Waals surface area contributed by atoms with Crippen LogP contribution in [-0.4, -0.2) is 5.33 Å². The van der Waals surface area contributed by atoms with E-state index in [9.17, 15) is 0 Å². The van der Waals surface area contributed by atoms with Crippen LogP contribution < -0.4 is 0 Å². The molecule has 3 heteroatoms. The van der Waals surface area contributed by atoms with Crippen molar-refractivity contribution in [2.75, 3.05) is 5.33 Å². The molecule has 90 valence electrons. The minimum atomic E-state index is 0.926. The Morgan fingerprint density at radius 3 is 2.65 bits per heavy atom. The monoisotopic (exact) mass is 356 g/mol. The van der Waals surface area contributed by atoms with E-state index >= 15 is 0 Å². The maximum absolute atomic E-state index is 5.54. The van der Waals surface area contributed by atoms with Gasteiger partial charge in [0.2, 0.25) is 0 Å². The number of furan rings is 1. The normalized spacial score (nSPS) is 10.7. The van der Waals surface area contributed by atoms with E-state index in [4.69, 9.17) is 4.42 Å². The molecular formula is C14H14Br2O. The van der Waals surface area contributed by atoms with Gasteiger partial charge in [-0.1, -0.05) is 50.1 Å². The molecule has 2 rings (SSSR count). The molecule has 0 radical (unpaired) electrons. The lowest BCUT2D eigenvalue weighted by atomic mass is 10.0. The highest BCUT2D eigenvalue weighted by atomic mass is 79.9. The van der Waals surface area contributed by atoms with Gasteiger partial charge in [0.1, 0.15) is 5.76 Å². The number of aryl methyl sites for hydroxylation is 1. The molecule has 2 aromatic rings. The van der Waals surface area contributed by atoms with Gasteiger partial charge in [-0.05, 0) is 29.7 Å². The SMILES string of the molecule is BrCCCc1occc1Cc1ccccc1Br. The van der Waals surface area contributed by atoms with Crippen LogP contribution in [0.25, 0.3) is 0 Å². The molecule has 1 aromatic carbocycles. The molecule has 17 heavy (non-hydrogen) atoms. The molecule has 0 aliphatic carbocycles. The summed E-state index contributed by atoms with van der Waals surface area (Å²) in [5.74, 6) is 1.11. The van der Waals surface area contributed by atoms with Gasteiger partial charge < -0.3 is 4.42 Å². The minimum absolute atomic E-state index is 0.926. The number of hydrogen-bond donors (Lipinski definition) is 0. The van der Waals surface area contributed by atoms with Crippen molar-refractivity contribution in [3.8, 4) is 0 Å². The largest absolute Gasteiger partial charge is 0.469 e. The Labute approximate surface area is 118 Å². The van der Waals surface area contributed by atoms with E-state index in [0.717, 1.165) is 34.8 Å². The van der Waals surface area contributed by atoms with Crippen LogP contribution in [0, 0.1) is 0 Å². The van der Waals surface area contributed by atoms with Gasteiger partial charge in [0.15, 0.2) is 0 Å². The van der Waals surface area contributed by atoms with Crippen LogP contribution in [0.1, 0.15) is 23.3 Å². The highest BCUT2D eigenvalue weighted by Gasteiger charge is 2.08. The predicted molar refractivity (Wildman–Crippen MR) is 77.8 cm³/mol. The fourth-order valence-corrected chi connectivity index (χ4v) is 2.52.